The number of hydrogen-bond donors (Lipinski definition) is 4. The molecule has 1 fully saturated rings. The van der Waals surface area contributed by atoms with Gasteiger partial charge >= 0.3 is 12.0 Å². The summed E-state index contributed by atoms with van der Waals surface area (Å²) in [6, 6.07) is -1.86. The zero-order chi connectivity index (χ0) is 16.0. The van der Waals surface area contributed by atoms with Crippen LogP contribution in [0.5, 0.6) is 0 Å². The van der Waals surface area contributed by atoms with Crippen molar-refractivity contribution in [3.8, 4) is 0 Å². The second-order valence-corrected chi connectivity index (χ2v) is 4.97. The van der Waals surface area contributed by atoms with E-state index in [1.165, 1.54) is 11.8 Å². The van der Waals surface area contributed by atoms with Crippen LogP contribution in [0.3, 0.4) is 0 Å². The van der Waals surface area contributed by atoms with Gasteiger partial charge in [0, 0.05) is 26.1 Å². The summed E-state index contributed by atoms with van der Waals surface area (Å²) >= 11 is 0. The Labute approximate surface area is 121 Å². The molecule has 21 heavy (non-hydrogen) atoms. The summed E-state index contributed by atoms with van der Waals surface area (Å²) in [4.78, 5) is 46.0. The summed E-state index contributed by atoms with van der Waals surface area (Å²) < 4.78 is 0. The number of nitrogens with zero attached hydrogens (tertiary/aromatic N) is 1. The number of hydrogen-bond acceptors (Lipinski definition) is 4. The van der Waals surface area contributed by atoms with Crippen LogP contribution in [-0.2, 0) is 14.4 Å². The number of piperidine rings is 1. The number of nitrogens with two attached hydrogens (primary N) is 1. The van der Waals surface area contributed by atoms with Gasteiger partial charge in [-0.15, -0.1) is 0 Å². The molecule has 0 unspecified atom stereocenters. The van der Waals surface area contributed by atoms with Crippen molar-refractivity contribution in [1.82, 2.24) is 15.5 Å². The number of carboxylic acids is 1. The van der Waals surface area contributed by atoms with Gasteiger partial charge in [-0.05, 0) is 12.8 Å². The fourth-order valence-electron chi connectivity index (χ4n) is 2.16. The zero-order valence-electron chi connectivity index (χ0n) is 11.8. The topological polar surface area (TPSA) is 142 Å². The lowest BCUT2D eigenvalue weighted by Crippen LogP contribution is -2.53. The maximum atomic E-state index is 11.9. The Morgan fingerprint density at radius 2 is 1.86 bits per heavy atom. The molecule has 0 radical (unpaired) electrons. The van der Waals surface area contributed by atoms with E-state index in [4.69, 9.17) is 10.8 Å². The smallest absolute Gasteiger partial charge is 0.326 e. The maximum absolute atomic E-state index is 11.9. The number of carbonyl (C=O) groups is 4. The van der Waals surface area contributed by atoms with Gasteiger partial charge in [0.05, 0.1) is 6.42 Å². The van der Waals surface area contributed by atoms with Crippen molar-refractivity contribution in [2.45, 2.75) is 38.3 Å². The quantitative estimate of drug-likeness (QED) is 0.495. The summed E-state index contributed by atoms with van der Waals surface area (Å²) in [7, 11) is 0. The molecule has 0 aromatic rings. The summed E-state index contributed by atoms with van der Waals surface area (Å²) in [5.74, 6) is -2.23. The fourth-order valence-corrected chi connectivity index (χ4v) is 2.16. The summed E-state index contributed by atoms with van der Waals surface area (Å²) in [6.07, 6.45) is 0.741. The molecule has 9 nitrogen and oxygen atoms in total. The van der Waals surface area contributed by atoms with Crippen molar-refractivity contribution < 1.29 is 24.3 Å². The van der Waals surface area contributed by atoms with Gasteiger partial charge in [0.2, 0.25) is 11.8 Å². The van der Waals surface area contributed by atoms with Gasteiger partial charge in [-0.2, -0.15) is 0 Å². The number of nitrogens with one attached hydrogen (secondary N) is 2. The average molecular weight is 300 g/mol. The Morgan fingerprint density at radius 1 is 1.29 bits per heavy atom. The molecule has 4 amide bonds. The van der Waals surface area contributed by atoms with E-state index in [1.807, 2.05) is 0 Å². The molecule has 1 saturated heterocycles. The molecule has 1 atom stereocenters. The molecule has 0 aromatic heterocycles. The van der Waals surface area contributed by atoms with Crippen molar-refractivity contribution in [3.05, 3.63) is 0 Å². The number of primary amides is 1. The lowest BCUT2D eigenvalue weighted by Gasteiger charge is -2.32. The number of amides is 4. The summed E-state index contributed by atoms with van der Waals surface area (Å²) in [5, 5.41) is 14.0. The molecule has 5 N–H and O–H groups in total. The van der Waals surface area contributed by atoms with Crippen molar-refractivity contribution in [1.29, 1.82) is 0 Å². The van der Waals surface area contributed by atoms with Gasteiger partial charge in [-0.3, -0.25) is 9.59 Å². The standard InChI is InChI=1S/C12H20N4O5/c1-7(17)14-8-2-4-16(5-3-8)12(21)15-9(11(19)20)6-10(13)18/h8-9H,2-6H2,1H3,(H2,13,18)(H,14,17)(H,15,21)(H,19,20)/t9-/m0/s1. The molecule has 1 heterocycles. The normalized spacial score (nSPS) is 16.9. The highest BCUT2D eigenvalue weighted by Crippen LogP contribution is 2.10. The Bertz CT molecular complexity index is 431. The highest BCUT2D eigenvalue weighted by Gasteiger charge is 2.27. The van der Waals surface area contributed by atoms with Crippen LogP contribution < -0.4 is 16.4 Å². The highest BCUT2D eigenvalue weighted by atomic mass is 16.4. The first-order valence-corrected chi connectivity index (χ1v) is 6.63. The third-order valence-electron chi connectivity index (χ3n) is 3.19. The van der Waals surface area contributed by atoms with E-state index >= 15 is 0 Å². The molecule has 0 aliphatic carbocycles. The molecule has 1 aliphatic rings. The minimum atomic E-state index is -1.33. The van der Waals surface area contributed by atoms with Crippen LogP contribution in [0.25, 0.3) is 0 Å². The Balaban J connectivity index is 2.47. The van der Waals surface area contributed by atoms with E-state index < -0.39 is 30.4 Å². The first kappa shape index (κ1) is 16.7. The van der Waals surface area contributed by atoms with Gasteiger partial charge in [0.25, 0.3) is 0 Å². The molecule has 1 aliphatic heterocycles. The van der Waals surface area contributed by atoms with E-state index in [0.29, 0.717) is 25.9 Å². The number of urea groups is 1. The van der Waals surface area contributed by atoms with Crippen molar-refractivity contribution in [2.75, 3.05) is 13.1 Å². The number of carboxylic acid groups (broad SMARTS) is 1. The molecule has 1 rings (SSSR count). The first-order valence-electron chi connectivity index (χ1n) is 6.63. The monoisotopic (exact) mass is 300 g/mol. The molecule has 0 spiro atoms. The number of carbonyl (C=O) groups excluding carboxylic acids is 3. The van der Waals surface area contributed by atoms with Crippen LogP contribution in [0, 0.1) is 0 Å². The second-order valence-electron chi connectivity index (χ2n) is 4.97. The van der Waals surface area contributed by atoms with E-state index in [9.17, 15) is 19.2 Å². The number of rotatable bonds is 5. The molecular weight excluding hydrogens is 280 g/mol. The SMILES string of the molecule is CC(=O)NC1CCN(C(=O)N[C@@H](CC(N)=O)C(=O)O)CC1. The summed E-state index contributed by atoms with van der Waals surface area (Å²) in [5.41, 5.74) is 4.94. The third-order valence-corrected chi connectivity index (χ3v) is 3.19. The number of likely N-dealkylation sites (tertiary alicyclic amines) is 1. The van der Waals surface area contributed by atoms with Gasteiger partial charge < -0.3 is 26.4 Å². The van der Waals surface area contributed by atoms with Crippen LogP contribution in [0.15, 0.2) is 0 Å². The van der Waals surface area contributed by atoms with Crippen molar-refractivity contribution in [2.24, 2.45) is 5.73 Å². The van der Waals surface area contributed by atoms with E-state index in [1.54, 1.807) is 0 Å². The Morgan fingerprint density at radius 3 is 2.29 bits per heavy atom. The van der Waals surface area contributed by atoms with E-state index in [2.05, 4.69) is 10.6 Å². The first-order chi connectivity index (χ1) is 9.79. The summed E-state index contributed by atoms with van der Waals surface area (Å²) in [6.45, 7) is 2.24. The van der Waals surface area contributed by atoms with Gasteiger partial charge in [0.15, 0.2) is 0 Å². The fraction of sp³-hybridized carbons (Fsp3) is 0.667. The Kier molecular flexibility index (Phi) is 5.94. The van der Waals surface area contributed by atoms with E-state index in [0.717, 1.165) is 0 Å². The molecule has 0 aromatic carbocycles. The highest BCUT2D eigenvalue weighted by molar-refractivity contribution is 5.87. The van der Waals surface area contributed by atoms with Crippen LogP contribution in [0.2, 0.25) is 0 Å². The van der Waals surface area contributed by atoms with Crippen LogP contribution in [0.1, 0.15) is 26.2 Å². The average Bonchev–Trinajstić information content (AvgIpc) is 2.37. The van der Waals surface area contributed by atoms with Gasteiger partial charge in [0.1, 0.15) is 6.04 Å². The molecule has 0 bridgehead atoms. The minimum absolute atomic E-state index is 0.0208. The van der Waals surface area contributed by atoms with E-state index in [-0.39, 0.29) is 11.9 Å². The molecular formula is C12H20N4O5. The molecule has 0 saturated carbocycles. The lowest BCUT2D eigenvalue weighted by atomic mass is 10.1. The van der Waals surface area contributed by atoms with Gasteiger partial charge in [-0.1, -0.05) is 0 Å². The zero-order valence-corrected chi connectivity index (χ0v) is 11.8. The molecule has 118 valence electrons. The van der Waals surface area contributed by atoms with Crippen molar-refractivity contribution >= 4 is 23.8 Å². The predicted octanol–water partition coefficient (Wildman–Crippen LogP) is -1.37. The predicted molar refractivity (Wildman–Crippen MR) is 72.2 cm³/mol. The second kappa shape index (κ2) is 7.46. The Hall–Kier alpha value is -2.32. The maximum Gasteiger partial charge on any atom is 0.326 e. The van der Waals surface area contributed by atoms with Crippen LogP contribution in [-0.4, -0.2) is 59.0 Å². The minimum Gasteiger partial charge on any atom is -0.480 e. The molecule has 9 heteroatoms. The third kappa shape index (κ3) is 5.67. The number of aliphatic carboxylic acids is 1. The van der Waals surface area contributed by atoms with Crippen LogP contribution in [0.4, 0.5) is 4.79 Å². The van der Waals surface area contributed by atoms with Crippen molar-refractivity contribution in [3.63, 3.8) is 0 Å². The van der Waals surface area contributed by atoms with Gasteiger partial charge in [-0.25, -0.2) is 9.59 Å². The largest absolute Gasteiger partial charge is 0.480 e. The lowest BCUT2D eigenvalue weighted by molar-refractivity contribution is -0.141. The van der Waals surface area contributed by atoms with Crippen LogP contribution >= 0.6 is 0 Å².